The minimum atomic E-state index is -1.28. The summed E-state index contributed by atoms with van der Waals surface area (Å²) in [6, 6.07) is 7.32. The predicted octanol–water partition coefficient (Wildman–Crippen LogP) is 1.47. The quantitative estimate of drug-likeness (QED) is 0.327. The zero-order valence-corrected chi connectivity index (χ0v) is 16.6. The Kier molecular flexibility index (Phi) is 6.81. The fourth-order valence-electron chi connectivity index (χ4n) is 3.21. The molecule has 1 amide bonds. The van der Waals surface area contributed by atoms with Crippen molar-refractivity contribution in [1.29, 1.82) is 0 Å². The second-order valence-electron chi connectivity index (χ2n) is 7.14. The number of aryl methyl sites for hydroxylation is 2. The number of fused-ring (bicyclic) bond motifs is 1. The van der Waals surface area contributed by atoms with Crippen molar-refractivity contribution in [2.45, 2.75) is 38.1 Å². The number of rotatable bonds is 10. The molecule has 0 spiro atoms. The Morgan fingerprint density at radius 2 is 1.84 bits per heavy atom. The molecule has 10 heteroatoms. The molecule has 2 aromatic heterocycles. The van der Waals surface area contributed by atoms with E-state index in [4.69, 9.17) is 10.2 Å². The zero-order chi connectivity index (χ0) is 22.4. The van der Waals surface area contributed by atoms with Gasteiger partial charge in [-0.1, -0.05) is 12.1 Å². The van der Waals surface area contributed by atoms with Crippen LogP contribution in [-0.4, -0.2) is 49.1 Å². The van der Waals surface area contributed by atoms with Crippen LogP contribution in [0.4, 0.5) is 0 Å². The van der Waals surface area contributed by atoms with E-state index in [2.05, 4.69) is 20.3 Å². The second-order valence-corrected chi connectivity index (χ2v) is 7.14. The summed E-state index contributed by atoms with van der Waals surface area (Å²) >= 11 is 0. The standard InChI is InChI=1S/C21H22N4O6/c26-17(27)9-8-16(21(30)31)25-19(28)13-6-4-12(5-7-13)2-1-3-14-10-15-18(24-14)22-11-23-20(15)29/h4-7,10-11,16H,1-3,8-9H2,(H,25,28)(H,26,27)(H,30,31)(H2,22,23,24,29)/t16-/m0/s1. The molecular weight excluding hydrogens is 404 g/mol. The summed E-state index contributed by atoms with van der Waals surface area (Å²) in [5.41, 5.74) is 2.58. The van der Waals surface area contributed by atoms with E-state index in [1.54, 1.807) is 30.3 Å². The lowest BCUT2D eigenvalue weighted by Gasteiger charge is -2.13. The molecule has 162 valence electrons. The molecule has 0 bridgehead atoms. The number of nitrogens with zero attached hydrogens (tertiary/aromatic N) is 1. The topological polar surface area (TPSA) is 165 Å². The number of aromatic nitrogens is 3. The van der Waals surface area contributed by atoms with Gasteiger partial charge >= 0.3 is 11.9 Å². The lowest BCUT2D eigenvalue weighted by atomic mass is 10.0. The van der Waals surface area contributed by atoms with Crippen LogP contribution in [0.1, 0.15) is 40.9 Å². The molecule has 0 aliphatic carbocycles. The molecule has 0 saturated heterocycles. The van der Waals surface area contributed by atoms with Gasteiger partial charge in [-0.05, 0) is 49.4 Å². The van der Waals surface area contributed by atoms with Crippen LogP contribution in [-0.2, 0) is 22.4 Å². The van der Waals surface area contributed by atoms with Crippen LogP contribution < -0.4 is 10.9 Å². The van der Waals surface area contributed by atoms with E-state index in [0.29, 0.717) is 16.6 Å². The van der Waals surface area contributed by atoms with Crippen molar-refractivity contribution in [3.8, 4) is 0 Å². The van der Waals surface area contributed by atoms with E-state index in [0.717, 1.165) is 30.5 Å². The average molecular weight is 426 g/mol. The van der Waals surface area contributed by atoms with Gasteiger partial charge in [0.25, 0.3) is 11.5 Å². The van der Waals surface area contributed by atoms with Crippen LogP contribution in [0.3, 0.4) is 0 Å². The second kappa shape index (κ2) is 9.70. The number of H-pyrrole nitrogens is 2. The summed E-state index contributed by atoms with van der Waals surface area (Å²) in [5.74, 6) is -2.97. The third-order valence-corrected chi connectivity index (χ3v) is 4.86. The maximum atomic E-state index is 12.3. The molecule has 0 unspecified atom stereocenters. The third-order valence-electron chi connectivity index (χ3n) is 4.86. The molecule has 2 heterocycles. The molecule has 0 aliphatic rings. The van der Waals surface area contributed by atoms with Gasteiger partial charge in [0, 0.05) is 17.7 Å². The highest BCUT2D eigenvalue weighted by Gasteiger charge is 2.21. The Hall–Kier alpha value is -3.95. The predicted molar refractivity (Wildman–Crippen MR) is 111 cm³/mol. The number of nitrogens with one attached hydrogen (secondary N) is 3. The van der Waals surface area contributed by atoms with Crippen molar-refractivity contribution in [2.24, 2.45) is 0 Å². The van der Waals surface area contributed by atoms with E-state index in [9.17, 15) is 19.2 Å². The number of carboxylic acids is 2. The maximum Gasteiger partial charge on any atom is 0.326 e. The van der Waals surface area contributed by atoms with Gasteiger partial charge < -0.3 is 25.5 Å². The summed E-state index contributed by atoms with van der Waals surface area (Å²) in [5, 5.41) is 20.7. The first-order chi connectivity index (χ1) is 14.8. The van der Waals surface area contributed by atoms with Gasteiger partial charge in [-0.2, -0.15) is 0 Å². The van der Waals surface area contributed by atoms with Crippen molar-refractivity contribution in [3.05, 3.63) is 63.8 Å². The first-order valence-corrected chi connectivity index (χ1v) is 9.73. The molecule has 1 aromatic carbocycles. The molecule has 0 fully saturated rings. The van der Waals surface area contributed by atoms with Crippen LogP contribution in [0.2, 0.25) is 0 Å². The van der Waals surface area contributed by atoms with Crippen LogP contribution in [0, 0.1) is 0 Å². The highest BCUT2D eigenvalue weighted by molar-refractivity contribution is 5.96. The molecule has 3 rings (SSSR count). The fourth-order valence-corrected chi connectivity index (χ4v) is 3.21. The fraction of sp³-hybridized carbons (Fsp3) is 0.286. The largest absolute Gasteiger partial charge is 0.481 e. The number of hydrogen-bond acceptors (Lipinski definition) is 5. The lowest BCUT2D eigenvalue weighted by Crippen LogP contribution is -2.41. The number of carboxylic acid groups (broad SMARTS) is 2. The van der Waals surface area contributed by atoms with Gasteiger partial charge in [0.2, 0.25) is 0 Å². The van der Waals surface area contributed by atoms with Gasteiger partial charge in [-0.25, -0.2) is 9.78 Å². The summed E-state index contributed by atoms with van der Waals surface area (Å²) in [6.07, 6.45) is 3.10. The summed E-state index contributed by atoms with van der Waals surface area (Å²) in [4.78, 5) is 55.6. The molecule has 0 radical (unpaired) electrons. The average Bonchev–Trinajstić information content (AvgIpc) is 3.15. The SMILES string of the molecule is O=C(O)CC[C@H](NC(=O)c1ccc(CCCc2cc3c(=O)[nH]cnc3[nH]2)cc1)C(=O)O. The van der Waals surface area contributed by atoms with Gasteiger partial charge in [-0.15, -0.1) is 0 Å². The summed E-state index contributed by atoms with van der Waals surface area (Å²) in [6.45, 7) is 0. The van der Waals surface area contributed by atoms with Gasteiger partial charge in [0.05, 0.1) is 11.7 Å². The Bertz CT molecular complexity index is 1150. The van der Waals surface area contributed by atoms with E-state index >= 15 is 0 Å². The Balaban J connectivity index is 1.53. The van der Waals surface area contributed by atoms with E-state index in [1.165, 1.54) is 6.33 Å². The smallest absolute Gasteiger partial charge is 0.326 e. The van der Waals surface area contributed by atoms with Gasteiger partial charge in [0.1, 0.15) is 11.7 Å². The molecule has 10 nitrogen and oxygen atoms in total. The summed E-state index contributed by atoms with van der Waals surface area (Å²) in [7, 11) is 0. The number of aromatic amines is 2. The molecule has 31 heavy (non-hydrogen) atoms. The van der Waals surface area contributed by atoms with Crippen molar-refractivity contribution in [2.75, 3.05) is 0 Å². The number of carbonyl (C=O) groups is 3. The first-order valence-electron chi connectivity index (χ1n) is 9.73. The Labute approximate surface area is 176 Å². The minimum Gasteiger partial charge on any atom is -0.481 e. The van der Waals surface area contributed by atoms with Crippen LogP contribution >= 0.6 is 0 Å². The molecule has 3 aromatic rings. The molecule has 0 aliphatic heterocycles. The minimum absolute atomic E-state index is 0.186. The van der Waals surface area contributed by atoms with E-state index in [-0.39, 0.29) is 18.4 Å². The van der Waals surface area contributed by atoms with Gasteiger partial charge in [-0.3, -0.25) is 14.4 Å². The van der Waals surface area contributed by atoms with Crippen molar-refractivity contribution in [3.63, 3.8) is 0 Å². The maximum absolute atomic E-state index is 12.3. The number of benzene rings is 1. The molecule has 5 N–H and O–H groups in total. The van der Waals surface area contributed by atoms with Crippen LogP contribution in [0.5, 0.6) is 0 Å². The zero-order valence-electron chi connectivity index (χ0n) is 16.6. The van der Waals surface area contributed by atoms with Gasteiger partial charge in [0.15, 0.2) is 0 Å². The molecule has 1 atom stereocenters. The lowest BCUT2D eigenvalue weighted by molar-refractivity contribution is -0.140. The number of aliphatic carboxylic acids is 2. The Morgan fingerprint density at radius 3 is 2.48 bits per heavy atom. The number of hydrogen-bond donors (Lipinski definition) is 5. The van der Waals surface area contributed by atoms with Crippen LogP contribution in [0.15, 0.2) is 41.5 Å². The first kappa shape index (κ1) is 21.8. The highest BCUT2D eigenvalue weighted by atomic mass is 16.4. The number of amides is 1. The van der Waals surface area contributed by atoms with Crippen molar-refractivity contribution < 1.29 is 24.6 Å². The molecule has 0 saturated carbocycles. The monoisotopic (exact) mass is 426 g/mol. The van der Waals surface area contributed by atoms with E-state index < -0.39 is 23.9 Å². The summed E-state index contributed by atoms with van der Waals surface area (Å²) < 4.78 is 0. The van der Waals surface area contributed by atoms with E-state index in [1.807, 2.05) is 0 Å². The highest BCUT2D eigenvalue weighted by Crippen LogP contribution is 2.13. The molecular formula is C21H22N4O6. The third kappa shape index (κ3) is 5.78. The normalized spacial score (nSPS) is 11.9. The van der Waals surface area contributed by atoms with Crippen molar-refractivity contribution in [1.82, 2.24) is 20.3 Å². The Morgan fingerprint density at radius 1 is 1.10 bits per heavy atom. The van der Waals surface area contributed by atoms with Crippen LogP contribution in [0.25, 0.3) is 11.0 Å². The van der Waals surface area contributed by atoms with Crippen molar-refractivity contribution >= 4 is 28.9 Å². The number of carbonyl (C=O) groups excluding carboxylic acids is 1.